The topological polar surface area (TPSA) is 77.7 Å². The van der Waals surface area contributed by atoms with Crippen molar-refractivity contribution in [3.63, 3.8) is 0 Å². The lowest BCUT2D eigenvalue weighted by Crippen LogP contribution is -2.48. The van der Waals surface area contributed by atoms with Crippen molar-refractivity contribution in [2.75, 3.05) is 32.8 Å². The van der Waals surface area contributed by atoms with Gasteiger partial charge in [-0.2, -0.15) is 0 Å². The number of amides is 1. The van der Waals surface area contributed by atoms with E-state index in [0.717, 1.165) is 25.9 Å². The van der Waals surface area contributed by atoms with Crippen LogP contribution in [0.5, 0.6) is 5.75 Å². The molecule has 1 saturated heterocycles. The number of pyridine rings is 1. The van der Waals surface area contributed by atoms with Crippen LogP contribution in [0.1, 0.15) is 33.8 Å². The van der Waals surface area contributed by atoms with Crippen LogP contribution in [0.25, 0.3) is 0 Å². The van der Waals surface area contributed by atoms with Gasteiger partial charge in [0.25, 0.3) is 5.91 Å². The summed E-state index contributed by atoms with van der Waals surface area (Å²) in [5.74, 6) is 0.410. The molecule has 0 aromatic carbocycles. The zero-order valence-electron chi connectivity index (χ0n) is 14.6. The second-order valence-corrected chi connectivity index (χ2v) is 7.56. The molecule has 1 amide bonds. The molecule has 138 valence electrons. The molecular weight excluding hydrogens is 350 g/mol. The lowest BCUT2D eigenvalue weighted by atomic mass is 9.85. The number of nitrogens with two attached hydrogens (primary N) is 1. The Kier molecular flexibility index (Phi) is 4.93. The van der Waals surface area contributed by atoms with Crippen molar-refractivity contribution in [3.05, 3.63) is 45.9 Å². The Labute approximate surface area is 156 Å². The average Bonchev–Trinajstić information content (AvgIpc) is 3.17. The third-order valence-corrected chi connectivity index (χ3v) is 6.26. The highest BCUT2D eigenvalue weighted by molar-refractivity contribution is 7.10. The summed E-state index contributed by atoms with van der Waals surface area (Å²) in [4.78, 5) is 20.4. The van der Waals surface area contributed by atoms with Gasteiger partial charge < -0.3 is 20.1 Å². The SMILES string of the molecule is NCCOc1cccnc1C(=O)N1CCC2(CC1)OCCc1ccsc12. The zero-order valence-corrected chi connectivity index (χ0v) is 15.5. The van der Waals surface area contributed by atoms with Crippen LogP contribution in [-0.2, 0) is 16.8 Å². The van der Waals surface area contributed by atoms with Gasteiger partial charge in [0.2, 0.25) is 0 Å². The smallest absolute Gasteiger partial charge is 0.276 e. The maximum absolute atomic E-state index is 13.0. The molecule has 0 saturated carbocycles. The summed E-state index contributed by atoms with van der Waals surface area (Å²) in [6, 6.07) is 5.74. The molecule has 4 heterocycles. The molecule has 0 radical (unpaired) electrons. The highest BCUT2D eigenvalue weighted by Gasteiger charge is 2.43. The summed E-state index contributed by atoms with van der Waals surface area (Å²) < 4.78 is 11.8. The Hall–Kier alpha value is -1.96. The van der Waals surface area contributed by atoms with E-state index < -0.39 is 0 Å². The molecule has 0 aliphatic carbocycles. The zero-order chi connectivity index (χ0) is 18.0. The number of thiophene rings is 1. The minimum Gasteiger partial charge on any atom is -0.490 e. The number of carbonyl (C=O) groups is 1. The van der Waals surface area contributed by atoms with E-state index in [1.165, 1.54) is 10.4 Å². The summed E-state index contributed by atoms with van der Waals surface area (Å²) in [6.07, 6.45) is 4.24. The van der Waals surface area contributed by atoms with E-state index in [9.17, 15) is 4.79 Å². The number of likely N-dealkylation sites (tertiary alicyclic amines) is 1. The highest BCUT2D eigenvalue weighted by atomic mass is 32.1. The van der Waals surface area contributed by atoms with E-state index in [0.29, 0.717) is 37.7 Å². The van der Waals surface area contributed by atoms with Crippen LogP contribution in [0.3, 0.4) is 0 Å². The first-order chi connectivity index (χ1) is 12.7. The normalized spacial score (nSPS) is 18.6. The van der Waals surface area contributed by atoms with Gasteiger partial charge in [-0.25, -0.2) is 4.98 Å². The van der Waals surface area contributed by atoms with Gasteiger partial charge in [0.15, 0.2) is 11.4 Å². The van der Waals surface area contributed by atoms with Crippen molar-refractivity contribution in [3.8, 4) is 5.75 Å². The average molecular weight is 373 g/mol. The van der Waals surface area contributed by atoms with Gasteiger partial charge in [0.1, 0.15) is 12.2 Å². The third kappa shape index (κ3) is 3.11. The Morgan fingerprint density at radius 1 is 1.38 bits per heavy atom. The first kappa shape index (κ1) is 17.5. The van der Waals surface area contributed by atoms with Gasteiger partial charge in [0, 0.05) is 30.7 Å². The van der Waals surface area contributed by atoms with E-state index in [-0.39, 0.29) is 11.5 Å². The van der Waals surface area contributed by atoms with Crippen molar-refractivity contribution >= 4 is 17.2 Å². The third-order valence-electron chi connectivity index (χ3n) is 5.12. The molecule has 6 nitrogen and oxygen atoms in total. The maximum Gasteiger partial charge on any atom is 0.276 e. The molecule has 2 aromatic heterocycles. The van der Waals surface area contributed by atoms with Gasteiger partial charge in [-0.3, -0.25) is 4.79 Å². The highest BCUT2D eigenvalue weighted by Crippen LogP contribution is 2.44. The van der Waals surface area contributed by atoms with Gasteiger partial charge in [-0.05, 0) is 48.4 Å². The molecule has 2 aliphatic heterocycles. The molecule has 0 unspecified atom stereocenters. The molecule has 1 fully saturated rings. The molecule has 2 N–H and O–H groups in total. The number of piperidine rings is 1. The fraction of sp³-hybridized carbons (Fsp3) is 0.474. The van der Waals surface area contributed by atoms with Crippen LogP contribution in [0.2, 0.25) is 0 Å². The van der Waals surface area contributed by atoms with E-state index >= 15 is 0 Å². The van der Waals surface area contributed by atoms with Gasteiger partial charge in [0.05, 0.1) is 6.61 Å². The number of rotatable bonds is 4. The number of nitrogens with zero attached hydrogens (tertiary/aromatic N) is 2. The lowest BCUT2D eigenvalue weighted by Gasteiger charge is -2.43. The molecule has 0 atom stereocenters. The number of ether oxygens (including phenoxy) is 2. The number of fused-ring (bicyclic) bond motifs is 2. The molecule has 2 aromatic rings. The van der Waals surface area contributed by atoms with Crippen LogP contribution in [0, 0.1) is 0 Å². The fourth-order valence-electron chi connectivity index (χ4n) is 3.78. The number of hydrogen-bond donors (Lipinski definition) is 1. The quantitative estimate of drug-likeness (QED) is 0.889. The largest absolute Gasteiger partial charge is 0.490 e. The van der Waals surface area contributed by atoms with Crippen LogP contribution < -0.4 is 10.5 Å². The molecule has 26 heavy (non-hydrogen) atoms. The Bertz CT molecular complexity index is 784. The van der Waals surface area contributed by atoms with Crippen molar-refractivity contribution < 1.29 is 14.3 Å². The predicted octanol–water partition coefficient (Wildman–Crippen LogP) is 2.18. The summed E-state index contributed by atoms with van der Waals surface area (Å²) in [5, 5.41) is 2.15. The first-order valence-corrected chi connectivity index (χ1v) is 9.89. The van der Waals surface area contributed by atoms with E-state index in [1.807, 2.05) is 4.90 Å². The van der Waals surface area contributed by atoms with Crippen LogP contribution in [0.4, 0.5) is 0 Å². The molecule has 0 bridgehead atoms. The minimum absolute atomic E-state index is 0.0883. The Morgan fingerprint density at radius 3 is 3.04 bits per heavy atom. The van der Waals surface area contributed by atoms with Crippen molar-refractivity contribution in [2.24, 2.45) is 5.73 Å². The second kappa shape index (κ2) is 7.34. The van der Waals surface area contributed by atoms with Crippen LogP contribution >= 0.6 is 11.3 Å². The fourth-order valence-corrected chi connectivity index (χ4v) is 4.95. The number of carbonyl (C=O) groups excluding carboxylic acids is 1. The minimum atomic E-state index is -0.221. The summed E-state index contributed by atoms with van der Waals surface area (Å²) in [7, 11) is 0. The molecule has 4 rings (SSSR count). The summed E-state index contributed by atoms with van der Waals surface area (Å²) in [6.45, 7) is 2.83. The summed E-state index contributed by atoms with van der Waals surface area (Å²) >= 11 is 1.78. The second-order valence-electron chi connectivity index (χ2n) is 6.65. The predicted molar refractivity (Wildman–Crippen MR) is 99.6 cm³/mol. The van der Waals surface area contributed by atoms with Gasteiger partial charge in [-0.1, -0.05) is 0 Å². The standard InChI is InChI=1S/C19H23N3O3S/c20-7-12-24-15-2-1-8-21-16(15)18(23)22-9-5-19(6-10-22)17-14(3-11-25-19)4-13-26-17/h1-2,4,8,13H,3,5-7,9-12,20H2. The monoisotopic (exact) mass is 373 g/mol. The van der Waals surface area contributed by atoms with E-state index in [1.54, 1.807) is 29.7 Å². The molecule has 2 aliphatic rings. The van der Waals surface area contributed by atoms with Gasteiger partial charge >= 0.3 is 0 Å². The van der Waals surface area contributed by atoms with Crippen molar-refractivity contribution in [2.45, 2.75) is 24.9 Å². The molecular formula is C19H23N3O3S. The Balaban J connectivity index is 1.49. The van der Waals surface area contributed by atoms with Crippen molar-refractivity contribution in [1.82, 2.24) is 9.88 Å². The summed E-state index contributed by atoms with van der Waals surface area (Å²) in [5.41, 5.74) is 7.05. The van der Waals surface area contributed by atoms with Crippen molar-refractivity contribution in [1.29, 1.82) is 0 Å². The molecule has 7 heteroatoms. The first-order valence-electron chi connectivity index (χ1n) is 9.01. The lowest BCUT2D eigenvalue weighted by molar-refractivity contribution is -0.0906. The number of hydrogen-bond acceptors (Lipinski definition) is 6. The maximum atomic E-state index is 13.0. The Morgan fingerprint density at radius 2 is 2.23 bits per heavy atom. The van der Waals surface area contributed by atoms with Gasteiger partial charge in [-0.15, -0.1) is 11.3 Å². The van der Waals surface area contributed by atoms with E-state index in [4.69, 9.17) is 15.2 Å². The van der Waals surface area contributed by atoms with Crippen LogP contribution in [0.15, 0.2) is 29.8 Å². The number of aromatic nitrogens is 1. The van der Waals surface area contributed by atoms with E-state index in [2.05, 4.69) is 16.4 Å². The van der Waals surface area contributed by atoms with Crippen LogP contribution in [-0.4, -0.2) is 48.6 Å². The molecule has 1 spiro atoms.